The Balaban J connectivity index is 1.89. The lowest BCUT2D eigenvalue weighted by Gasteiger charge is -2.29. The highest BCUT2D eigenvalue weighted by Gasteiger charge is 2.37. The second-order valence-electron chi connectivity index (χ2n) is 4.49. The minimum atomic E-state index is 0.737. The number of benzene rings is 1. The summed E-state index contributed by atoms with van der Waals surface area (Å²) in [6.45, 7) is 4.52. The molecule has 0 unspecified atom stereocenters. The number of rotatable bonds is 1. The van der Waals surface area contributed by atoms with E-state index in [4.69, 9.17) is 0 Å². The number of nitrogens with one attached hydrogen (secondary N) is 1. The van der Waals surface area contributed by atoms with Crippen LogP contribution in [0.4, 0.5) is 5.69 Å². The molecule has 74 valence electrons. The van der Waals surface area contributed by atoms with E-state index in [0.29, 0.717) is 0 Å². The molecule has 0 aliphatic carbocycles. The molecule has 0 aromatic heterocycles. The lowest BCUT2D eigenvalue weighted by molar-refractivity contribution is 0.580. The van der Waals surface area contributed by atoms with Crippen molar-refractivity contribution in [3.8, 4) is 0 Å². The topological polar surface area (TPSA) is 15.3 Å². The number of aryl methyl sites for hydroxylation is 1. The average Bonchev–Trinajstić information content (AvgIpc) is 2.78. The summed E-state index contributed by atoms with van der Waals surface area (Å²) in [5, 5.41) is 3.53. The number of hydrogen-bond donors (Lipinski definition) is 1. The van der Waals surface area contributed by atoms with Crippen LogP contribution in [0.15, 0.2) is 24.3 Å². The second-order valence-corrected chi connectivity index (χ2v) is 4.49. The highest BCUT2D eigenvalue weighted by molar-refractivity contribution is 5.51. The number of nitrogens with zero attached hydrogens (tertiary/aromatic N) is 1. The van der Waals surface area contributed by atoms with E-state index in [2.05, 4.69) is 41.4 Å². The highest BCUT2D eigenvalue weighted by atomic mass is 15.3. The van der Waals surface area contributed by atoms with Gasteiger partial charge < -0.3 is 10.2 Å². The second kappa shape index (κ2) is 2.99. The average molecular weight is 188 g/mol. The van der Waals surface area contributed by atoms with Crippen LogP contribution in [0.3, 0.4) is 0 Å². The largest absolute Gasteiger partial charge is 0.366 e. The molecule has 2 atom stereocenters. The molecule has 2 aliphatic heterocycles. The predicted molar refractivity (Wildman–Crippen MR) is 58.7 cm³/mol. The van der Waals surface area contributed by atoms with Gasteiger partial charge >= 0.3 is 0 Å². The van der Waals surface area contributed by atoms with Crippen LogP contribution >= 0.6 is 0 Å². The maximum absolute atomic E-state index is 3.53. The van der Waals surface area contributed by atoms with E-state index in [-0.39, 0.29) is 0 Å². The molecule has 3 rings (SSSR count). The van der Waals surface area contributed by atoms with Crippen LogP contribution in [0.5, 0.6) is 0 Å². The van der Waals surface area contributed by atoms with E-state index in [0.717, 1.165) is 12.1 Å². The van der Waals surface area contributed by atoms with Crippen molar-refractivity contribution in [1.82, 2.24) is 5.32 Å². The van der Waals surface area contributed by atoms with Crippen molar-refractivity contribution in [1.29, 1.82) is 0 Å². The maximum Gasteiger partial charge on any atom is 0.0430 e. The Morgan fingerprint density at radius 1 is 1.43 bits per heavy atom. The molecule has 1 aromatic rings. The van der Waals surface area contributed by atoms with Gasteiger partial charge in [0.15, 0.2) is 0 Å². The standard InChI is InChI=1S/C12H16N2/c1-9-3-2-4-11(5-9)14-8-10-6-12(14)7-13-10/h2-5,10,12-13H,6-8H2,1H3/t10-,12-/m1/s1. The number of anilines is 1. The molecule has 2 nitrogen and oxygen atoms in total. The third-order valence-electron chi connectivity index (χ3n) is 3.39. The molecular formula is C12H16N2. The van der Waals surface area contributed by atoms with E-state index in [1.807, 2.05) is 0 Å². The molecule has 0 radical (unpaired) electrons. The Hall–Kier alpha value is -1.02. The van der Waals surface area contributed by atoms with Crippen LogP contribution in [0.1, 0.15) is 12.0 Å². The molecule has 2 fully saturated rings. The lowest BCUT2D eigenvalue weighted by atomic mass is 10.2. The van der Waals surface area contributed by atoms with Gasteiger partial charge in [-0.1, -0.05) is 12.1 Å². The zero-order chi connectivity index (χ0) is 9.54. The Morgan fingerprint density at radius 2 is 2.36 bits per heavy atom. The number of piperazine rings is 1. The van der Waals surface area contributed by atoms with Crippen molar-refractivity contribution in [2.75, 3.05) is 18.0 Å². The summed E-state index contributed by atoms with van der Waals surface area (Å²) in [7, 11) is 0. The molecule has 0 saturated carbocycles. The minimum Gasteiger partial charge on any atom is -0.366 e. The smallest absolute Gasteiger partial charge is 0.0430 e. The predicted octanol–water partition coefficient (Wildman–Crippen LogP) is 1.55. The van der Waals surface area contributed by atoms with Crippen LogP contribution < -0.4 is 10.2 Å². The molecule has 2 heteroatoms. The minimum absolute atomic E-state index is 0.737. The zero-order valence-corrected chi connectivity index (χ0v) is 8.53. The van der Waals surface area contributed by atoms with Gasteiger partial charge in [-0.05, 0) is 31.0 Å². The van der Waals surface area contributed by atoms with E-state index in [1.54, 1.807) is 0 Å². The fourth-order valence-corrected chi connectivity index (χ4v) is 2.68. The fraction of sp³-hybridized carbons (Fsp3) is 0.500. The van der Waals surface area contributed by atoms with Crippen molar-refractivity contribution < 1.29 is 0 Å². The van der Waals surface area contributed by atoms with Crippen LogP contribution in [-0.2, 0) is 0 Å². The van der Waals surface area contributed by atoms with Gasteiger partial charge in [0.1, 0.15) is 0 Å². The van der Waals surface area contributed by atoms with E-state index in [9.17, 15) is 0 Å². The maximum atomic E-state index is 3.53. The molecule has 2 heterocycles. The fourth-order valence-electron chi connectivity index (χ4n) is 2.68. The summed E-state index contributed by atoms with van der Waals surface area (Å²) >= 11 is 0. The van der Waals surface area contributed by atoms with E-state index < -0.39 is 0 Å². The Morgan fingerprint density at radius 3 is 3.00 bits per heavy atom. The van der Waals surface area contributed by atoms with Gasteiger partial charge in [0, 0.05) is 30.9 Å². The number of hydrogen-bond acceptors (Lipinski definition) is 2. The Bertz CT molecular complexity index is 348. The van der Waals surface area contributed by atoms with E-state index in [1.165, 1.54) is 30.8 Å². The molecule has 0 spiro atoms. The first-order chi connectivity index (χ1) is 6.83. The molecule has 2 aliphatic rings. The molecular weight excluding hydrogens is 172 g/mol. The Labute approximate surface area is 84.9 Å². The van der Waals surface area contributed by atoms with Crippen molar-refractivity contribution in [3.63, 3.8) is 0 Å². The lowest BCUT2D eigenvalue weighted by Crippen LogP contribution is -2.43. The Kier molecular flexibility index (Phi) is 1.77. The number of fused-ring (bicyclic) bond motifs is 2. The first-order valence-electron chi connectivity index (χ1n) is 5.39. The van der Waals surface area contributed by atoms with Crippen LogP contribution in [0, 0.1) is 6.92 Å². The van der Waals surface area contributed by atoms with Crippen molar-refractivity contribution in [3.05, 3.63) is 29.8 Å². The third kappa shape index (κ3) is 1.22. The highest BCUT2D eigenvalue weighted by Crippen LogP contribution is 2.29. The molecule has 2 bridgehead atoms. The summed E-state index contributed by atoms with van der Waals surface area (Å²) in [6.07, 6.45) is 1.33. The van der Waals surface area contributed by atoms with E-state index >= 15 is 0 Å². The van der Waals surface area contributed by atoms with Gasteiger partial charge in [-0.15, -0.1) is 0 Å². The van der Waals surface area contributed by atoms with Gasteiger partial charge in [-0.2, -0.15) is 0 Å². The molecule has 0 amide bonds. The summed E-state index contributed by atoms with van der Waals surface area (Å²) in [4.78, 5) is 2.55. The quantitative estimate of drug-likeness (QED) is 0.719. The van der Waals surface area contributed by atoms with Gasteiger partial charge in [-0.3, -0.25) is 0 Å². The van der Waals surface area contributed by atoms with Crippen molar-refractivity contribution >= 4 is 5.69 Å². The summed E-state index contributed by atoms with van der Waals surface area (Å²) in [5.74, 6) is 0. The first-order valence-corrected chi connectivity index (χ1v) is 5.39. The molecule has 1 N–H and O–H groups in total. The summed E-state index contributed by atoms with van der Waals surface area (Å²) in [5.41, 5.74) is 2.76. The van der Waals surface area contributed by atoms with Crippen LogP contribution in [0.2, 0.25) is 0 Å². The monoisotopic (exact) mass is 188 g/mol. The van der Waals surface area contributed by atoms with Gasteiger partial charge in [0.2, 0.25) is 0 Å². The van der Waals surface area contributed by atoms with Gasteiger partial charge in [0.25, 0.3) is 0 Å². The molecule has 14 heavy (non-hydrogen) atoms. The summed E-state index contributed by atoms with van der Waals surface area (Å²) < 4.78 is 0. The van der Waals surface area contributed by atoms with Crippen molar-refractivity contribution in [2.24, 2.45) is 0 Å². The van der Waals surface area contributed by atoms with Gasteiger partial charge in [0.05, 0.1) is 0 Å². The van der Waals surface area contributed by atoms with Crippen LogP contribution in [-0.4, -0.2) is 25.2 Å². The van der Waals surface area contributed by atoms with Crippen LogP contribution in [0.25, 0.3) is 0 Å². The molecule has 2 saturated heterocycles. The van der Waals surface area contributed by atoms with Gasteiger partial charge in [-0.25, -0.2) is 0 Å². The zero-order valence-electron chi connectivity index (χ0n) is 8.53. The SMILES string of the molecule is Cc1cccc(N2C[C@H]3C[C@@H]2CN3)c1. The first kappa shape index (κ1) is 8.30. The summed E-state index contributed by atoms with van der Waals surface area (Å²) in [6, 6.07) is 10.3. The van der Waals surface area contributed by atoms with Crippen molar-refractivity contribution in [2.45, 2.75) is 25.4 Å². The normalized spacial score (nSPS) is 29.9. The third-order valence-corrected chi connectivity index (χ3v) is 3.39. The molecule has 1 aromatic carbocycles.